The minimum atomic E-state index is -0.641. The maximum Gasteiger partial charge on any atom is 0.312 e. The van der Waals surface area contributed by atoms with Crippen molar-refractivity contribution < 1.29 is 14.8 Å². The number of hydrogen-bond acceptors (Lipinski definition) is 5. The fraction of sp³-hybridized carbons (Fsp3) is 0.400. The summed E-state index contributed by atoms with van der Waals surface area (Å²) in [6.07, 6.45) is -1.09. The van der Waals surface area contributed by atoms with Gasteiger partial charge in [0.25, 0.3) is 0 Å². The quantitative estimate of drug-likeness (QED) is 0.644. The van der Waals surface area contributed by atoms with Crippen LogP contribution in [-0.2, 0) is 0 Å². The van der Waals surface area contributed by atoms with Crippen molar-refractivity contribution in [3.8, 4) is 5.75 Å². The van der Waals surface area contributed by atoms with Gasteiger partial charge in [0.2, 0.25) is 0 Å². The van der Waals surface area contributed by atoms with Crippen LogP contribution >= 0.6 is 15.9 Å². The summed E-state index contributed by atoms with van der Waals surface area (Å²) in [5, 5.41) is 23.4. The molecule has 1 fully saturated rings. The van der Waals surface area contributed by atoms with Crippen LogP contribution in [0.25, 0.3) is 0 Å². The van der Waals surface area contributed by atoms with Gasteiger partial charge < -0.3 is 15.2 Å². The summed E-state index contributed by atoms with van der Waals surface area (Å²) >= 11 is 3.17. The molecule has 17 heavy (non-hydrogen) atoms. The lowest BCUT2D eigenvalue weighted by Gasteiger charge is -2.16. The number of rotatable bonds is 3. The number of hydrogen-bond donors (Lipinski definition) is 2. The number of nitro benzene ring substituents is 1. The van der Waals surface area contributed by atoms with Crippen molar-refractivity contribution in [2.45, 2.75) is 12.2 Å². The Labute approximate surface area is 106 Å². The van der Waals surface area contributed by atoms with E-state index in [1.165, 1.54) is 12.1 Å². The molecule has 0 spiro atoms. The maximum absolute atomic E-state index is 10.9. The van der Waals surface area contributed by atoms with Crippen LogP contribution in [0.3, 0.4) is 0 Å². The first-order chi connectivity index (χ1) is 8.08. The third kappa shape index (κ3) is 2.74. The predicted octanol–water partition coefficient (Wildman–Crippen LogP) is 1.07. The molecule has 0 unspecified atom stereocenters. The van der Waals surface area contributed by atoms with Gasteiger partial charge in [0.05, 0.1) is 4.92 Å². The van der Waals surface area contributed by atoms with Crippen molar-refractivity contribution >= 4 is 21.6 Å². The number of nitro groups is 1. The standard InChI is InChI=1S/C10H11BrN2O4/c11-6-1-2-9(7(3-6)13(15)16)17-10-5-12-4-8(10)14/h1-3,8,10,12,14H,4-5H2/t8-,10-/m0/s1. The second-order valence-electron chi connectivity index (χ2n) is 3.75. The van der Waals surface area contributed by atoms with Crippen molar-refractivity contribution in [1.82, 2.24) is 5.32 Å². The van der Waals surface area contributed by atoms with E-state index in [2.05, 4.69) is 21.2 Å². The van der Waals surface area contributed by atoms with E-state index in [1.807, 2.05) is 0 Å². The number of halogens is 1. The molecule has 2 atom stereocenters. The van der Waals surface area contributed by atoms with Gasteiger partial charge in [0.1, 0.15) is 12.2 Å². The van der Waals surface area contributed by atoms with Crippen molar-refractivity contribution in [3.63, 3.8) is 0 Å². The zero-order valence-corrected chi connectivity index (χ0v) is 10.4. The average Bonchev–Trinajstić information content (AvgIpc) is 2.67. The second-order valence-corrected chi connectivity index (χ2v) is 4.67. The molecule has 0 saturated carbocycles. The van der Waals surface area contributed by atoms with Gasteiger partial charge in [0.15, 0.2) is 5.75 Å². The molecular weight excluding hydrogens is 292 g/mol. The van der Waals surface area contributed by atoms with Crippen molar-refractivity contribution in [1.29, 1.82) is 0 Å². The van der Waals surface area contributed by atoms with Gasteiger partial charge in [-0.25, -0.2) is 0 Å². The molecule has 6 nitrogen and oxygen atoms in total. The van der Waals surface area contributed by atoms with E-state index in [1.54, 1.807) is 6.07 Å². The Bertz CT molecular complexity index is 440. The molecule has 92 valence electrons. The van der Waals surface area contributed by atoms with E-state index >= 15 is 0 Å². The molecular formula is C10H11BrN2O4. The lowest BCUT2D eigenvalue weighted by Crippen LogP contribution is -2.30. The van der Waals surface area contributed by atoms with Crippen LogP contribution in [-0.4, -0.2) is 35.3 Å². The molecule has 1 aliphatic rings. The molecule has 0 bridgehead atoms. The number of aliphatic hydroxyl groups is 1. The Hall–Kier alpha value is -1.18. The van der Waals surface area contributed by atoms with Crippen molar-refractivity contribution in [2.75, 3.05) is 13.1 Å². The topological polar surface area (TPSA) is 84.6 Å². The third-order valence-corrected chi connectivity index (χ3v) is 3.02. The van der Waals surface area contributed by atoms with Gasteiger partial charge in [-0.05, 0) is 12.1 Å². The minimum Gasteiger partial charge on any atom is -0.479 e. The first-order valence-corrected chi connectivity index (χ1v) is 5.86. The summed E-state index contributed by atoms with van der Waals surface area (Å²) in [7, 11) is 0. The van der Waals surface area contributed by atoms with E-state index in [9.17, 15) is 15.2 Å². The maximum atomic E-state index is 10.9. The highest BCUT2D eigenvalue weighted by Gasteiger charge is 2.29. The molecule has 2 N–H and O–H groups in total. The zero-order chi connectivity index (χ0) is 12.4. The smallest absolute Gasteiger partial charge is 0.312 e. The van der Waals surface area contributed by atoms with Crippen LogP contribution in [0.2, 0.25) is 0 Å². The van der Waals surface area contributed by atoms with E-state index in [-0.39, 0.29) is 11.4 Å². The number of benzene rings is 1. The van der Waals surface area contributed by atoms with Crippen LogP contribution in [0.15, 0.2) is 22.7 Å². The highest BCUT2D eigenvalue weighted by molar-refractivity contribution is 9.10. The first kappa shape index (κ1) is 12.3. The summed E-state index contributed by atoms with van der Waals surface area (Å²) in [6, 6.07) is 4.56. The number of nitrogens with zero attached hydrogens (tertiary/aromatic N) is 1. The Morgan fingerprint density at radius 2 is 2.29 bits per heavy atom. The molecule has 0 aromatic heterocycles. The van der Waals surface area contributed by atoms with Gasteiger partial charge in [-0.2, -0.15) is 0 Å². The van der Waals surface area contributed by atoms with Crippen LogP contribution < -0.4 is 10.1 Å². The molecule has 0 aliphatic carbocycles. The van der Waals surface area contributed by atoms with Crippen LogP contribution in [0, 0.1) is 10.1 Å². The lowest BCUT2D eigenvalue weighted by atomic mass is 10.2. The fourth-order valence-corrected chi connectivity index (χ4v) is 2.01. The van der Waals surface area contributed by atoms with Crippen LogP contribution in [0.5, 0.6) is 5.75 Å². The molecule has 0 radical (unpaired) electrons. The molecule has 1 saturated heterocycles. The van der Waals surface area contributed by atoms with Crippen LogP contribution in [0.4, 0.5) is 5.69 Å². The molecule has 1 aliphatic heterocycles. The number of ether oxygens (including phenoxy) is 1. The van der Waals surface area contributed by atoms with E-state index in [0.717, 1.165) is 0 Å². The van der Waals surface area contributed by atoms with E-state index in [0.29, 0.717) is 17.6 Å². The van der Waals surface area contributed by atoms with Crippen LogP contribution in [0.1, 0.15) is 0 Å². The Kier molecular flexibility index (Phi) is 3.60. The highest BCUT2D eigenvalue weighted by Crippen LogP contribution is 2.31. The van der Waals surface area contributed by atoms with Gasteiger partial charge in [0, 0.05) is 23.6 Å². The van der Waals surface area contributed by atoms with E-state index in [4.69, 9.17) is 4.74 Å². The van der Waals surface area contributed by atoms with Gasteiger partial charge in [-0.3, -0.25) is 10.1 Å². The largest absolute Gasteiger partial charge is 0.479 e. The Morgan fingerprint density at radius 3 is 2.88 bits per heavy atom. The molecule has 1 aromatic rings. The summed E-state index contributed by atoms with van der Waals surface area (Å²) in [6.45, 7) is 0.920. The number of aliphatic hydroxyl groups excluding tert-OH is 1. The summed E-state index contributed by atoms with van der Waals surface area (Å²) in [5.74, 6) is 0.172. The zero-order valence-electron chi connectivity index (χ0n) is 8.80. The minimum absolute atomic E-state index is 0.113. The Morgan fingerprint density at radius 1 is 1.53 bits per heavy atom. The highest BCUT2D eigenvalue weighted by atomic mass is 79.9. The molecule has 2 rings (SSSR count). The average molecular weight is 303 g/mol. The van der Waals surface area contributed by atoms with Gasteiger partial charge in [-0.15, -0.1) is 0 Å². The summed E-state index contributed by atoms with van der Waals surface area (Å²) < 4.78 is 6.07. The molecule has 1 aromatic carbocycles. The Balaban J connectivity index is 2.22. The van der Waals surface area contributed by atoms with Crippen molar-refractivity contribution in [2.24, 2.45) is 0 Å². The lowest BCUT2D eigenvalue weighted by molar-refractivity contribution is -0.386. The van der Waals surface area contributed by atoms with Crippen molar-refractivity contribution in [3.05, 3.63) is 32.8 Å². The monoisotopic (exact) mass is 302 g/mol. The third-order valence-electron chi connectivity index (χ3n) is 2.52. The first-order valence-electron chi connectivity index (χ1n) is 5.07. The fourth-order valence-electron chi connectivity index (χ4n) is 1.66. The molecule has 1 heterocycles. The molecule has 0 amide bonds. The number of β-amino-alcohol motifs (C(OH)–C–C–N with tert-alkyl or cyclic N) is 1. The summed E-state index contributed by atoms with van der Waals surface area (Å²) in [5.41, 5.74) is -0.113. The summed E-state index contributed by atoms with van der Waals surface area (Å²) in [4.78, 5) is 10.4. The SMILES string of the molecule is O=[N+]([O-])c1cc(Br)ccc1O[C@H]1CNC[C@@H]1O. The van der Waals surface area contributed by atoms with Gasteiger partial charge in [-0.1, -0.05) is 15.9 Å². The van der Waals surface area contributed by atoms with Gasteiger partial charge >= 0.3 is 5.69 Å². The van der Waals surface area contributed by atoms with E-state index < -0.39 is 17.1 Å². The normalized spacial score (nSPS) is 23.6. The number of nitrogens with one attached hydrogen (secondary N) is 1. The second kappa shape index (κ2) is 4.99. The molecule has 7 heteroatoms. The predicted molar refractivity (Wildman–Crippen MR) is 64.1 cm³/mol.